The number of amides is 2. The number of para-hydroxylation sites is 2. The fourth-order valence-corrected chi connectivity index (χ4v) is 3.24. The van der Waals surface area contributed by atoms with E-state index in [-0.39, 0.29) is 17.6 Å². The van der Waals surface area contributed by atoms with E-state index < -0.39 is 6.10 Å². The molecular formula is C20H19FN4O3. The molecular weight excluding hydrogens is 363 g/mol. The van der Waals surface area contributed by atoms with Gasteiger partial charge < -0.3 is 19.9 Å². The Balaban J connectivity index is 1.48. The molecule has 7 nitrogen and oxygen atoms in total. The van der Waals surface area contributed by atoms with Gasteiger partial charge in [0.25, 0.3) is 11.8 Å². The summed E-state index contributed by atoms with van der Waals surface area (Å²) in [6.45, 7) is 1.95. The first-order valence-corrected chi connectivity index (χ1v) is 8.94. The number of hydrogen-bond donors (Lipinski definition) is 2. The quantitative estimate of drug-likeness (QED) is 0.726. The standard InChI is InChI=1S/C20H19FN4O3/c1-11-19(26)23-14-7-3-5-12(18(14)28-11)20(27)22-10-9-16-24-17-13(21)6-4-8-15(17)25(16)2/h3-8,11H,9-10H2,1-2H3,(H,22,27)(H,23,26). The molecule has 3 aromatic rings. The molecule has 0 aliphatic carbocycles. The minimum absolute atomic E-state index is 0.251. The van der Waals surface area contributed by atoms with Crippen molar-refractivity contribution in [2.75, 3.05) is 11.9 Å². The number of nitrogens with zero attached hydrogens (tertiary/aromatic N) is 2. The number of halogens is 1. The maximum atomic E-state index is 13.9. The zero-order valence-corrected chi connectivity index (χ0v) is 15.5. The fourth-order valence-electron chi connectivity index (χ4n) is 3.24. The van der Waals surface area contributed by atoms with Gasteiger partial charge in [0.15, 0.2) is 17.7 Å². The molecule has 0 spiro atoms. The van der Waals surface area contributed by atoms with Gasteiger partial charge in [-0.2, -0.15) is 0 Å². The first kappa shape index (κ1) is 18.0. The molecule has 2 N–H and O–H groups in total. The Morgan fingerprint density at radius 3 is 2.89 bits per heavy atom. The van der Waals surface area contributed by atoms with E-state index in [1.807, 2.05) is 11.6 Å². The number of benzene rings is 2. The lowest BCUT2D eigenvalue weighted by molar-refractivity contribution is -0.122. The zero-order valence-electron chi connectivity index (χ0n) is 15.5. The van der Waals surface area contributed by atoms with E-state index in [1.165, 1.54) is 6.07 Å². The molecule has 0 fully saturated rings. The number of imidazole rings is 1. The third-order valence-corrected chi connectivity index (χ3v) is 4.77. The molecule has 28 heavy (non-hydrogen) atoms. The SMILES string of the molecule is CC1Oc2c(cccc2C(=O)NCCc2nc3c(F)cccc3n2C)NC1=O. The number of anilines is 1. The van der Waals surface area contributed by atoms with Crippen molar-refractivity contribution in [2.24, 2.45) is 7.05 Å². The second kappa shape index (κ2) is 6.95. The van der Waals surface area contributed by atoms with Gasteiger partial charge in [0.2, 0.25) is 0 Å². The molecule has 2 heterocycles. The van der Waals surface area contributed by atoms with E-state index >= 15 is 0 Å². The summed E-state index contributed by atoms with van der Waals surface area (Å²) in [5, 5.41) is 5.55. The van der Waals surface area contributed by atoms with Crippen LogP contribution in [0.3, 0.4) is 0 Å². The smallest absolute Gasteiger partial charge is 0.265 e. The van der Waals surface area contributed by atoms with Crippen molar-refractivity contribution >= 4 is 28.5 Å². The Kier molecular flexibility index (Phi) is 4.46. The number of rotatable bonds is 4. The number of carbonyl (C=O) groups excluding carboxylic acids is 2. The van der Waals surface area contributed by atoms with Crippen LogP contribution in [0.15, 0.2) is 36.4 Å². The van der Waals surface area contributed by atoms with Gasteiger partial charge in [-0.25, -0.2) is 9.37 Å². The highest BCUT2D eigenvalue weighted by Crippen LogP contribution is 2.33. The highest BCUT2D eigenvalue weighted by Gasteiger charge is 2.27. The first-order valence-electron chi connectivity index (χ1n) is 8.94. The van der Waals surface area contributed by atoms with Gasteiger partial charge in [-0.15, -0.1) is 0 Å². The topological polar surface area (TPSA) is 85.2 Å². The lowest BCUT2D eigenvalue weighted by atomic mass is 10.1. The molecule has 0 bridgehead atoms. The van der Waals surface area contributed by atoms with Crippen molar-refractivity contribution in [1.29, 1.82) is 0 Å². The number of carbonyl (C=O) groups is 2. The molecule has 0 saturated carbocycles. The summed E-state index contributed by atoms with van der Waals surface area (Å²) >= 11 is 0. The Morgan fingerprint density at radius 1 is 1.32 bits per heavy atom. The normalized spacial score (nSPS) is 15.7. The molecule has 1 unspecified atom stereocenters. The average Bonchev–Trinajstić information content (AvgIpc) is 3.00. The Labute approximate surface area is 160 Å². The summed E-state index contributed by atoms with van der Waals surface area (Å²) in [5.41, 5.74) is 1.85. The van der Waals surface area contributed by atoms with E-state index in [0.29, 0.717) is 46.8 Å². The second-order valence-electron chi connectivity index (χ2n) is 6.63. The van der Waals surface area contributed by atoms with Gasteiger partial charge in [0.05, 0.1) is 16.8 Å². The van der Waals surface area contributed by atoms with Gasteiger partial charge in [-0.05, 0) is 31.2 Å². The van der Waals surface area contributed by atoms with Crippen LogP contribution in [0.1, 0.15) is 23.1 Å². The van der Waals surface area contributed by atoms with Crippen molar-refractivity contribution in [3.8, 4) is 5.75 Å². The van der Waals surface area contributed by atoms with E-state index in [1.54, 1.807) is 37.3 Å². The summed E-state index contributed by atoms with van der Waals surface area (Å²) in [6.07, 6.45) is -0.226. The lowest BCUT2D eigenvalue weighted by Crippen LogP contribution is -2.36. The predicted octanol–water partition coefficient (Wildman–Crippen LogP) is 2.40. The summed E-state index contributed by atoms with van der Waals surface area (Å²) in [6, 6.07) is 9.83. The summed E-state index contributed by atoms with van der Waals surface area (Å²) in [5.74, 6) is 0.0985. The lowest BCUT2D eigenvalue weighted by Gasteiger charge is -2.25. The van der Waals surface area contributed by atoms with Crippen LogP contribution in [0, 0.1) is 5.82 Å². The number of nitrogens with one attached hydrogen (secondary N) is 2. The van der Waals surface area contributed by atoms with Crippen LogP contribution in [0.25, 0.3) is 11.0 Å². The molecule has 0 radical (unpaired) electrons. The van der Waals surface area contributed by atoms with E-state index in [4.69, 9.17) is 4.74 Å². The third kappa shape index (κ3) is 3.06. The molecule has 1 aliphatic rings. The number of hydrogen-bond acceptors (Lipinski definition) is 4. The molecule has 8 heteroatoms. The van der Waals surface area contributed by atoms with Gasteiger partial charge in [-0.3, -0.25) is 9.59 Å². The van der Waals surface area contributed by atoms with E-state index in [9.17, 15) is 14.0 Å². The van der Waals surface area contributed by atoms with Crippen LogP contribution in [0.2, 0.25) is 0 Å². The van der Waals surface area contributed by atoms with Crippen LogP contribution >= 0.6 is 0 Å². The number of ether oxygens (including phenoxy) is 1. The maximum Gasteiger partial charge on any atom is 0.265 e. The van der Waals surface area contributed by atoms with E-state index in [0.717, 1.165) is 0 Å². The second-order valence-corrected chi connectivity index (χ2v) is 6.63. The van der Waals surface area contributed by atoms with Crippen molar-refractivity contribution < 1.29 is 18.7 Å². The molecule has 2 amide bonds. The van der Waals surface area contributed by atoms with Crippen molar-refractivity contribution in [2.45, 2.75) is 19.4 Å². The van der Waals surface area contributed by atoms with Crippen molar-refractivity contribution in [1.82, 2.24) is 14.9 Å². The van der Waals surface area contributed by atoms with Crippen LogP contribution in [0.5, 0.6) is 5.75 Å². The zero-order chi connectivity index (χ0) is 19.8. The fraction of sp³-hybridized carbons (Fsp3) is 0.250. The molecule has 1 aliphatic heterocycles. The Hall–Kier alpha value is -3.42. The summed E-state index contributed by atoms with van der Waals surface area (Å²) < 4.78 is 21.3. The first-order chi connectivity index (χ1) is 13.5. The van der Waals surface area contributed by atoms with Gasteiger partial charge in [-0.1, -0.05) is 12.1 Å². The largest absolute Gasteiger partial charge is 0.478 e. The maximum absolute atomic E-state index is 13.9. The van der Waals surface area contributed by atoms with Gasteiger partial charge >= 0.3 is 0 Å². The van der Waals surface area contributed by atoms with Crippen LogP contribution in [0.4, 0.5) is 10.1 Å². The van der Waals surface area contributed by atoms with Crippen molar-refractivity contribution in [3.05, 3.63) is 53.6 Å². The van der Waals surface area contributed by atoms with E-state index in [2.05, 4.69) is 15.6 Å². The molecule has 1 aromatic heterocycles. The summed E-state index contributed by atoms with van der Waals surface area (Å²) in [4.78, 5) is 28.7. The minimum Gasteiger partial charge on any atom is -0.478 e. The average molecular weight is 382 g/mol. The molecule has 1 atom stereocenters. The predicted molar refractivity (Wildman–Crippen MR) is 102 cm³/mol. The highest BCUT2D eigenvalue weighted by atomic mass is 19.1. The third-order valence-electron chi connectivity index (χ3n) is 4.77. The van der Waals surface area contributed by atoms with Gasteiger partial charge in [0.1, 0.15) is 11.3 Å². The number of fused-ring (bicyclic) bond motifs is 2. The molecule has 2 aromatic carbocycles. The highest BCUT2D eigenvalue weighted by molar-refractivity contribution is 6.03. The summed E-state index contributed by atoms with van der Waals surface area (Å²) in [7, 11) is 1.82. The number of aromatic nitrogens is 2. The molecule has 4 rings (SSSR count). The molecule has 0 saturated heterocycles. The van der Waals surface area contributed by atoms with Crippen LogP contribution in [-0.2, 0) is 18.3 Å². The van der Waals surface area contributed by atoms with Crippen LogP contribution < -0.4 is 15.4 Å². The Bertz CT molecular complexity index is 1090. The van der Waals surface area contributed by atoms with Crippen LogP contribution in [-0.4, -0.2) is 34.0 Å². The van der Waals surface area contributed by atoms with Gasteiger partial charge in [0, 0.05) is 20.0 Å². The monoisotopic (exact) mass is 382 g/mol. The molecule has 144 valence electrons. The van der Waals surface area contributed by atoms with Crippen molar-refractivity contribution in [3.63, 3.8) is 0 Å². The Morgan fingerprint density at radius 2 is 2.11 bits per heavy atom. The minimum atomic E-state index is -0.670. The number of aryl methyl sites for hydroxylation is 1.